The van der Waals surface area contributed by atoms with E-state index in [0.717, 1.165) is 5.71 Å². The molecule has 0 aliphatic heterocycles. The van der Waals surface area contributed by atoms with Gasteiger partial charge in [-0.05, 0) is 0 Å². The van der Waals surface area contributed by atoms with Gasteiger partial charge in [-0.15, -0.1) is 0 Å². The number of hydrogen-bond acceptors (Lipinski definition) is 0. The number of nitrogens with zero attached hydrogens (tertiary/aromatic N) is 2. The summed E-state index contributed by atoms with van der Waals surface area (Å²) in [7, 11) is 0. The van der Waals surface area contributed by atoms with Crippen molar-refractivity contribution in [3.05, 3.63) is 5.53 Å². The first-order valence-corrected chi connectivity index (χ1v) is 3.31. The van der Waals surface area contributed by atoms with E-state index in [1.165, 1.54) is 0 Å². The van der Waals surface area contributed by atoms with E-state index >= 15 is 0 Å². The highest BCUT2D eigenvalue weighted by molar-refractivity contribution is 5.82. The van der Waals surface area contributed by atoms with Crippen LogP contribution >= 0.6 is 0 Å². The molecule has 0 rings (SSSR count). The van der Waals surface area contributed by atoms with E-state index in [4.69, 9.17) is 5.53 Å². The monoisotopic (exact) mass is 126 g/mol. The van der Waals surface area contributed by atoms with Gasteiger partial charge in [-0.2, -0.15) is 4.79 Å². The van der Waals surface area contributed by atoms with Crippen LogP contribution in [0, 0.1) is 11.8 Å². The summed E-state index contributed by atoms with van der Waals surface area (Å²) in [6.45, 7) is 8.09. The Morgan fingerprint density at radius 2 is 1.44 bits per heavy atom. The van der Waals surface area contributed by atoms with Gasteiger partial charge in [-0.3, -0.25) is 0 Å². The van der Waals surface area contributed by atoms with Gasteiger partial charge in [0, 0.05) is 0 Å². The molecule has 0 aromatic heterocycles. The molecule has 2 heteroatoms. The van der Waals surface area contributed by atoms with Crippen LogP contribution in [-0.2, 0) is 0 Å². The molecule has 0 bridgehead atoms. The van der Waals surface area contributed by atoms with Gasteiger partial charge in [0.25, 0.3) is 5.71 Å². The Bertz CT molecular complexity index is 120. The van der Waals surface area contributed by atoms with Crippen LogP contribution in [0.25, 0.3) is 5.53 Å². The lowest BCUT2D eigenvalue weighted by molar-refractivity contribution is -0.0183. The molecule has 0 aromatic rings. The van der Waals surface area contributed by atoms with Crippen LogP contribution in [0.1, 0.15) is 27.7 Å². The van der Waals surface area contributed by atoms with Crippen molar-refractivity contribution in [2.75, 3.05) is 0 Å². The van der Waals surface area contributed by atoms with Crippen molar-refractivity contribution in [1.82, 2.24) is 0 Å². The SMILES string of the molecule is CC(C)C(=[N+]=[N-])C(C)C. The van der Waals surface area contributed by atoms with Crippen molar-refractivity contribution < 1.29 is 4.79 Å². The van der Waals surface area contributed by atoms with Crippen molar-refractivity contribution in [2.24, 2.45) is 11.8 Å². The second-order valence-corrected chi connectivity index (χ2v) is 2.83. The van der Waals surface area contributed by atoms with Crippen LogP contribution in [0.5, 0.6) is 0 Å². The zero-order valence-corrected chi connectivity index (χ0v) is 6.55. The summed E-state index contributed by atoms with van der Waals surface area (Å²) < 4.78 is 0. The molecule has 0 aliphatic rings. The molecule has 0 fully saturated rings. The van der Waals surface area contributed by atoms with Crippen molar-refractivity contribution in [2.45, 2.75) is 27.7 Å². The zero-order chi connectivity index (χ0) is 7.44. The summed E-state index contributed by atoms with van der Waals surface area (Å²) in [6, 6.07) is 0. The molecule has 0 saturated carbocycles. The summed E-state index contributed by atoms with van der Waals surface area (Å²) in [5.41, 5.74) is 9.33. The first-order valence-electron chi connectivity index (χ1n) is 3.31. The highest BCUT2D eigenvalue weighted by atomic mass is 14.9. The Labute approximate surface area is 56.5 Å². The van der Waals surface area contributed by atoms with Crippen LogP contribution in [-0.4, -0.2) is 10.5 Å². The largest absolute Gasteiger partial charge is 0.362 e. The molecule has 0 saturated heterocycles. The van der Waals surface area contributed by atoms with Gasteiger partial charge in [0.05, 0.1) is 11.8 Å². The molecular weight excluding hydrogens is 112 g/mol. The molecule has 9 heavy (non-hydrogen) atoms. The average molecular weight is 126 g/mol. The van der Waals surface area contributed by atoms with E-state index in [2.05, 4.69) is 4.79 Å². The topological polar surface area (TPSA) is 36.4 Å². The molecule has 0 N–H and O–H groups in total. The molecular formula is C7H14N2. The number of hydrogen-bond donors (Lipinski definition) is 0. The van der Waals surface area contributed by atoms with Crippen molar-refractivity contribution in [1.29, 1.82) is 0 Å². The van der Waals surface area contributed by atoms with E-state index in [1.54, 1.807) is 0 Å². The van der Waals surface area contributed by atoms with Crippen LogP contribution in [0.4, 0.5) is 0 Å². The molecule has 2 nitrogen and oxygen atoms in total. The summed E-state index contributed by atoms with van der Waals surface area (Å²) in [4.78, 5) is 3.20. The fraction of sp³-hybridized carbons (Fsp3) is 0.857. The quantitative estimate of drug-likeness (QED) is 0.308. The minimum Gasteiger partial charge on any atom is -0.362 e. The average Bonchev–Trinajstić information content (AvgIpc) is 1.64. The van der Waals surface area contributed by atoms with Crippen LogP contribution in [0.3, 0.4) is 0 Å². The second-order valence-electron chi connectivity index (χ2n) is 2.83. The molecule has 0 heterocycles. The summed E-state index contributed by atoms with van der Waals surface area (Å²) in [5, 5.41) is 0. The van der Waals surface area contributed by atoms with Gasteiger partial charge in [-0.1, -0.05) is 27.7 Å². The summed E-state index contributed by atoms with van der Waals surface area (Å²) >= 11 is 0. The van der Waals surface area contributed by atoms with Gasteiger partial charge in [0.15, 0.2) is 0 Å². The van der Waals surface area contributed by atoms with Crippen LogP contribution in [0.2, 0.25) is 0 Å². The number of rotatable bonds is 2. The maximum Gasteiger partial charge on any atom is 0.273 e. The van der Waals surface area contributed by atoms with Crippen LogP contribution in [0.15, 0.2) is 0 Å². The normalized spacial score (nSPS) is 10.0. The Kier molecular flexibility index (Phi) is 3.18. The van der Waals surface area contributed by atoms with Crippen molar-refractivity contribution in [3.8, 4) is 0 Å². The lowest BCUT2D eigenvalue weighted by Gasteiger charge is -2.00. The lowest BCUT2D eigenvalue weighted by atomic mass is 9.98. The first-order chi connectivity index (χ1) is 4.09. The highest BCUT2D eigenvalue weighted by Gasteiger charge is 2.17. The van der Waals surface area contributed by atoms with Gasteiger partial charge in [-0.25, -0.2) is 0 Å². The molecule has 0 radical (unpaired) electrons. The second kappa shape index (κ2) is 3.41. The van der Waals surface area contributed by atoms with E-state index < -0.39 is 0 Å². The van der Waals surface area contributed by atoms with Gasteiger partial charge < -0.3 is 5.53 Å². The maximum atomic E-state index is 8.45. The smallest absolute Gasteiger partial charge is 0.273 e. The standard InChI is InChI=1S/C7H14N2/c1-5(2)7(9-8)6(3)4/h5-6H,1-4H3. The molecule has 0 aromatic carbocycles. The third-order valence-electron chi connectivity index (χ3n) is 1.30. The molecule has 0 unspecified atom stereocenters. The lowest BCUT2D eigenvalue weighted by Crippen LogP contribution is -2.15. The minimum atomic E-state index is 0.356. The summed E-state index contributed by atoms with van der Waals surface area (Å²) in [6.07, 6.45) is 0. The third kappa shape index (κ3) is 2.43. The van der Waals surface area contributed by atoms with E-state index in [1.807, 2.05) is 27.7 Å². The molecule has 0 atom stereocenters. The zero-order valence-electron chi connectivity index (χ0n) is 6.55. The van der Waals surface area contributed by atoms with Crippen LogP contribution < -0.4 is 0 Å². The fourth-order valence-electron chi connectivity index (χ4n) is 0.898. The summed E-state index contributed by atoms with van der Waals surface area (Å²) in [5.74, 6) is 0.713. The van der Waals surface area contributed by atoms with E-state index in [9.17, 15) is 0 Å². The minimum absolute atomic E-state index is 0.356. The molecule has 0 amide bonds. The Balaban J connectivity index is 4.19. The Morgan fingerprint density at radius 1 is 1.11 bits per heavy atom. The predicted molar refractivity (Wildman–Crippen MR) is 38.3 cm³/mol. The first kappa shape index (κ1) is 8.38. The van der Waals surface area contributed by atoms with Gasteiger partial charge in [0.2, 0.25) is 0 Å². The van der Waals surface area contributed by atoms with Crippen molar-refractivity contribution in [3.63, 3.8) is 0 Å². The van der Waals surface area contributed by atoms with Gasteiger partial charge in [0.1, 0.15) is 0 Å². The third-order valence-corrected chi connectivity index (χ3v) is 1.30. The molecule has 0 spiro atoms. The van der Waals surface area contributed by atoms with Crippen molar-refractivity contribution >= 4 is 5.71 Å². The van der Waals surface area contributed by atoms with Gasteiger partial charge >= 0.3 is 0 Å². The fourth-order valence-corrected chi connectivity index (χ4v) is 0.898. The van der Waals surface area contributed by atoms with E-state index in [-0.39, 0.29) is 0 Å². The van der Waals surface area contributed by atoms with E-state index in [0.29, 0.717) is 11.8 Å². The predicted octanol–water partition coefficient (Wildman–Crippen LogP) is 1.97. The highest BCUT2D eigenvalue weighted by Crippen LogP contribution is 2.03. The molecule has 0 aliphatic carbocycles. The molecule has 52 valence electrons. The maximum absolute atomic E-state index is 8.45. The Morgan fingerprint density at radius 3 is 1.44 bits per heavy atom. The Hall–Kier alpha value is -0.620.